The summed E-state index contributed by atoms with van der Waals surface area (Å²) >= 11 is 0. The molecule has 0 spiro atoms. The standard InChI is InChI=1S/C20H16O2/c21-20-19(18(13-22-20)15-7-2-1-3-8-15)17-12-6-10-14-9-4-5-11-16(14)17/h1-12,18-19H,13H2/t18-,19+/m1/s1. The van der Waals surface area contributed by atoms with E-state index >= 15 is 0 Å². The monoisotopic (exact) mass is 288 g/mol. The number of rotatable bonds is 2. The SMILES string of the molecule is O=C1OC[C@H](c2ccccc2)[C@@H]1c1cccc2ccccc12. The minimum atomic E-state index is -0.228. The van der Waals surface area contributed by atoms with E-state index < -0.39 is 0 Å². The van der Waals surface area contributed by atoms with E-state index in [1.54, 1.807) is 0 Å². The number of ether oxygens (including phenoxy) is 1. The predicted molar refractivity (Wildman–Crippen MR) is 86.8 cm³/mol. The fraction of sp³-hybridized carbons (Fsp3) is 0.150. The molecule has 1 heterocycles. The number of fused-ring (bicyclic) bond motifs is 1. The van der Waals surface area contributed by atoms with E-state index in [1.165, 1.54) is 0 Å². The van der Waals surface area contributed by atoms with Crippen molar-refractivity contribution in [1.29, 1.82) is 0 Å². The number of benzene rings is 3. The van der Waals surface area contributed by atoms with Gasteiger partial charge in [0.15, 0.2) is 0 Å². The Hall–Kier alpha value is -2.61. The van der Waals surface area contributed by atoms with E-state index in [-0.39, 0.29) is 17.8 Å². The highest BCUT2D eigenvalue weighted by atomic mass is 16.5. The van der Waals surface area contributed by atoms with Crippen molar-refractivity contribution in [2.45, 2.75) is 11.8 Å². The minimum absolute atomic E-state index is 0.0829. The lowest BCUT2D eigenvalue weighted by atomic mass is 9.82. The van der Waals surface area contributed by atoms with Crippen molar-refractivity contribution in [2.24, 2.45) is 0 Å². The molecule has 1 aliphatic rings. The first kappa shape index (κ1) is 13.1. The van der Waals surface area contributed by atoms with Gasteiger partial charge in [-0.3, -0.25) is 4.79 Å². The Labute approximate surface area is 129 Å². The normalized spacial score (nSPS) is 21.0. The van der Waals surface area contributed by atoms with Crippen molar-refractivity contribution in [1.82, 2.24) is 0 Å². The number of cyclic esters (lactones) is 1. The first-order valence-electron chi connectivity index (χ1n) is 7.54. The molecule has 1 fully saturated rings. The van der Waals surface area contributed by atoms with Gasteiger partial charge in [0.05, 0.1) is 12.5 Å². The second-order valence-electron chi connectivity index (χ2n) is 5.69. The maximum absolute atomic E-state index is 12.4. The van der Waals surface area contributed by atoms with Crippen LogP contribution in [-0.2, 0) is 9.53 Å². The van der Waals surface area contributed by atoms with Crippen LogP contribution < -0.4 is 0 Å². The highest BCUT2D eigenvalue weighted by Crippen LogP contribution is 2.41. The third kappa shape index (κ3) is 2.08. The molecule has 1 saturated heterocycles. The van der Waals surface area contributed by atoms with E-state index in [1.807, 2.05) is 36.4 Å². The van der Waals surface area contributed by atoms with E-state index in [4.69, 9.17) is 4.74 Å². The van der Waals surface area contributed by atoms with Gasteiger partial charge >= 0.3 is 5.97 Å². The topological polar surface area (TPSA) is 26.3 Å². The zero-order valence-corrected chi connectivity index (χ0v) is 12.1. The summed E-state index contributed by atoms with van der Waals surface area (Å²) in [6, 6.07) is 24.5. The molecule has 1 aliphatic heterocycles. The quantitative estimate of drug-likeness (QED) is 0.658. The van der Waals surface area contributed by atoms with Gasteiger partial charge in [0, 0.05) is 5.92 Å². The summed E-state index contributed by atoms with van der Waals surface area (Å²) in [5.74, 6) is -0.266. The van der Waals surface area contributed by atoms with Crippen LogP contribution in [0.2, 0.25) is 0 Å². The van der Waals surface area contributed by atoms with E-state index in [0.29, 0.717) is 6.61 Å². The molecular weight excluding hydrogens is 272 g/mol. The van der Waals surface area contributed by atoms with Crippen LogP contribution in [0, 0.1) is 0 Å². The summed E-state index contributed by atoms with van der Waals surface area (Å²) in [7, 11) is 0. The number of hydrogen-bond acceptors (Lipinski definition) is 2. The van der Waals surface area contributed by atoms with Crippen LogP contribution in [0.3, 0.4) is 0 Å². The van der Waals surface area contributed by atoms with Gasteiger partial charge in [-0.2, -0.15) is 0 Å². The van der Waals surface area contributed by atoms with Gasteiger partial charge in [-0.25, -0.2) is 0 Å². The molecule has 3 aromatic rings. The average molecular weight is 288 g/mol. The number of esters is 1. The Bertz CT molecular complexity index is 818. The molecule has 0 aromatic heterocycles. The molecule has 0 bridgehead atoms. The molecule has 0 unspecified atom stereocenters. The largest absolute Gasteiger partial charge is 0.465 e. The number of carbonyl (C=O) groups is 1. The van der Waals surface area contributed by atoms with Gasteiger partial charge < -0.3 is 4.74 Å². The smallest absolute Gasteiger partial charge is 0.314 e. The van der Waals surface area contributed by atoms with Crippen molar-refractivity contribution < 1.29 is 9.53 Å². The molecule has 108 valence electrons. The number of hydrogen-bond donors (Lipinski definition) is 0. The summed E-state index contributed by atoms with van der Waals surface area (Å²) in [6.45, 7) is 0.455. The maximum Gasteiger partial charge on any atom is 0.314 e. The Morgan fingerprint density at radius 2 is 1.55 bits per heavy atom. The van der Waals surface area contributed by atoms with E-state index in [0.717, 1.165) is 21.9 Å². The Morgan fingerprint density at radius 1 is 0.818 bits per heavy atom. The summed E-state index contributed by atoms with van der Waals surface area (Å²) in [5.41, 5.74) is 2.22. The minimum Gasteiger partial charge on any atom is -0.465 e. The lowest BCUT2D eigenvalue weighted by molar-refractivity contribution is -0.139. The third-order valence-corrected chi connectivity index (χ3v) is 4.45. The van der Waals surface area contributed by atoms with Crippen LogP contribution in [0.4, 0.5) is 0 Å². The van der Waals surface area contributed by atoms with Crippen LogP contribution in [0.15, 0.2) is 72.8 Å². The van der Waals surface area contributed by atoms with Crippen molar-refractivity contribution in [2.75, 3.05) is 6.61 Å². The van der Waals surface area contributed by atoms with Gasteiger partial charge in [0.25, 0.3) is 0 Å². The lowest BCUT2D eigenvalue weighted by Gasteiger charge is -2.17. The molecule has 0 amide bonds. The average Bonchev–Trinajstić information content (AvgIpc) is 2.96. The molecule has 4 rings (SSSR count). The molecule has 0 radical (unpaired) electrons. The highest BCUT2D eigenvalue weighted by molar-refractivity contribution is 5.92. The van der Waals surface area contributed by atoms with Crippen LogP contribution in [0.25, 0.3) is 10.8 Å². The zero-order chi connectivity index (χ0) is 14.9. The molecule has 2 atom stereocenters. The zero-order valence-electron chi connectivity index (χ0n) is 12.1. The lowest BCUT2D eigenvalue weighted by Crippen LogP contribution is -2.13. The van der Waals surface area contributed by atoms with Crippen LogP contribution in [0.1, 0.15) is 23.0 Å². The number of carbonyl (C=O) groups excluding carboxylic acids is 1. The second-order valence-corrected chi connectivity index (χ2v) is 5.69. The van der Waals surface area contributed by atoms with Crippen molar-refractivity contribution in [3.8, 4) is 0 Å². The van der Waals surface area contributed by atoms with Gasteiger partial charge in [0.2, 0.25) is 0 Å². The maximum atomic E-state index is 12.4. The fourth-order valence-electron chi connectivity index (χ4n) is 3.38. The first-order valence-corrected chi connectivity index (χ1v) is 7.54. The molecule has 22 heavy (non-hydrogen) atoms. The van der Waals surface area contributed by atoms with Crippen LogP contribution in [-0.4, -0.2) is 12.6 Å². The first-order chi connectivity index (χ1) is 10.8. The Morgan fingerprint density at radius 3 is 2.41 bits per heavy atom. The van der Waals surface area contributed by atoms with Gasteiger partial charge in [0.1, 0.15) is 0 Å². The molecule has 2 nitrogen and oxygen atoms in total. The molecule has 3 aromatic carbocycles. The Kier molecular flexibility index (Phi) is 3.15. The molecule has 0 N–H and O–H groups in total. The summed E-state index contributed by atoms with van der Waals surface area (Å²) in [6.07, 6.45) is 0. The van der Waals surface area contributed by atoms with E-state index in [9.17, 15) is 4.79 Å². The second kappa shape index (κ2) is 5.30. The molecule has 0 aliphatic carbocycles. The van der Waals surface area contributed by atoms with Gasteiger partial charge in [-0.1, -0.05) is 72.8 Å². The third-order valence-electron chi connectivity index (χ3n) is 4.45. The van der Waals surface area contributed by atoms with Crippen LogP contribution in [0.5, 0.6) is 0 Å². The van der Waals surface area contributed by atoms with Crippen LogP contribution >= 0.6 is 0 Å². The van der Waals surface area contributed by atoms with Gasteiger partial charge in [-0.15, -0.1) is 0 Å². The van der Waals surface area contributed by atoms with Crippen molar-refractivity contribution >= 4 is 16.7 Å². The van der Waals surface area contributed by atoms with Crippen molar-refractivity contribution in [3.05, 3.63) is 83.9 Å². The predicted octanol–water partition coefficient (Wildman–Crippen LogP) is 4.26. The van der Waals surface area contributed by atoms with E-state index in [2.05, 4.69) is 36.4 Å². The molecule has 2 heteroatoms. The van der Waals surface area contributed by atoms with Crippen molar-refractivity contribution in [3.63, 3.8) is 0 Å². The summed E-state index contributed by atoms with van der Waals surface area (Å²) in [4.78, 5) is 12.4. The summed E-state index contributed by atoms with van der Waals surface area (Å²) < 4.78 is 5.40. The fourth-order valence-corrected chi connectivity index (χ4v) is 3.38. The van der Waals surface area contributed by atoms with Gasteiger partial charge in [-0.05, 0) is 21.9 Å². The molecule has 0 saturated carbocycles. The Balaban J connectivity index is 1.86. The summed E-state index contributed by atoms with van der Waals surface area (Å²) in [5, 5.41) is 2.29. The highest BCUT2D eigenvalue weighted by Gasteiger charge is 2.39. The molecular formula is C20H16O2.